The summed E-state index contributed by atoms with van der Waals surface area (Å²) in [6.45, 7) is 6.94. The van der Waals surface area contributed by atoms with Crippen LogP contribution >= 0.6 is 0 Å². The van der Waals surface area contributed by atoms with Crippen LogP contribution in [0, 0.1) is 16.7 Å². The maximum Gasteiger partial charge on any atom is 0.338 e. The molecule has 1 aromatic rings. The third-order valence-corrected chi connectivity index (χ3v) is 8.07. The molecule has 0 amide bonds. The first-order valence-electron chi connectivity index (χ1n) is 10.2. The van der Waals surface area contributed by atoms with E-state index in [0.29, 0.717) is 23.7 Å². The van der Waals surface area contributed by atoms with Crippen molar-refractivity contribution in [2.75, 3.05) is 0 Å². The van der Waals surface area contributed by atoms with Gasteiger partial charge in [-0.15, -0.1) is 0 Å². The summed E-state index contributed by atoms with van der Waals surface area (Å²) >= 11 is 0. The van der Waals surface area contributed by atoms with Crippen molar-refractivity contribution in [3.8, 4) is 0 Å². The second-order valence-corrected chi connectivity index (χ2v) is 9.39. The van der Waals surface area contributed by atoms with Crippen LogP contribution in [0.15, 0.2) is 24.3 Å². The average Bonchev–Trinajstić information content (AvgIpc) is 2.96. The molecule has 0 spiro atoms. The van der Waals surface area contributed by atoms with E-state index in [0.717, 1.165) is 37.7 Å². The monoisotopic (exact) mass is 354 g/mol. The maximum atomic E-state index is 12.7. The fraction of sp³-hybridized carbons (Fsp3) is 0.652. The lowest BCUT2D eigenvalue weighted by Crippen LogP contribution is -2.38. The molecule has 0 saturated heterocycles. The normalized spacial score (nSPS) is 35.5. The van der Waals surface area contributed by atoms with Gasteiger partial charge in [0.1, 0.15) is 11.9 Å². The number of hydrogen-bond acceptors (Lipinski definition) is 3. The minimum absolute atomic E-state index is 0.0131. The van der Waals surface area contributed by atoms with E-state index >= 15 is 0 Å². The molecule has 4 rings (SSSR count). The van der Waals surface area contributed by atoms with Gasteiger partial charge >= 0.3 is 5.97 Å². The van der Waals surface area contributed by atoms with E-state index < -0.39 is 0 Å². The molecule has 3 heteroatoms. The largest absolute Gasteiger partial charge is 0.458 e. The van der Waals surface area contributed by atoms with Crippen LogP contribution in [0.1, 0.15) is 87.6 Å². The standard InChI is InChI=1S/C23H30O3/c1-22(2)17-12-13-23(22,3)20(14-17)26-21(25)16-10-8-15(9-11-16)18-6-4-5-7-19(18)24/h8-11,17-18,20H,4-7,12-14H2,1-3H3/t17-,18?,20+,23?/m0/s1. The topological polar surface area (TPSA) is 43.4 Å². The molecule has 2 bridgehead atoms. The second kappa shape index (κ2) is 6.21. The average molecular weight is 354 g/mol. The predicted molar refractivity (Wildman–Crippen MR) is 101 cm³/mol. The molecule has 140 valence electrons. The van der Waals surface area contributed by atoms with Gasteiger partial charge in [-0.3, -0.25) is 4.79 Å². The highest BCUT2D eigenvalue weighted by Crippen LogP contribution is 2.66. The van der Waals surface area contributed by atoms with Crippen LogP contribution in [0.25, 0.3) is 0 Å². The smallest absolute Gasteiger partial charge is 0.338 e. The number of ether oxygens (including phenoxy) is 1. The molecule has 4 atom stereocenters. The summed E-state index contributed by atoms with van der Waals surface area (Å²) in [6, 6.07) is 7.55. The molecule has 26 heavy (non-hydrogen) atoms. The first-order chi connectivity index (χ1) is 12.3. The van der Waals surface area contributed by atoms with Crippen molar-refractivity contribution in [2.24, 2.45) is 16.7 Å². The lowest BCUT2D eigenvalue weighted by Gasteiger charge is -2.38. The van der Waals surface area contributed by atoms with Crippen LogP contribution in [0.5, 0.6) is 0 Å². The number of fused-ring (bicyclic) bond motifs is 2. The molecular formula is C23H30O3. The number of carbonyl (C=O) groups excluding carboxylic acids is 2. The Hall–Kier alpha value is -1.64. The third-order valence-electron chi connectivity index (χ3n) is 8.07. The van der Waals surface area contributed by atoms with Gasteiger partial charge in [0.15, 0.2) is 0 Å². The van der Waals surface area contributed by atoms with Gasteiger partial charge in [0.25, 0.3) is 0 Å². The van der Waals surface area contributed by atoms with Crippen molar-refractivity contribution in [3.05, 3.63) is 35.4 Å². The maximum absolute atomic E-state index is 12.7. The zero-order valence-corrected chi connectivity index (χ0v) is 16.2. The van der Waals surface area contributed by atoms with E-state index in [9.17, 15) is 9.59 Å². The fourth-order valence-electron chi connectivity index (χ4n) is 5.69. The van der Waals surface area contributed by atoms with Crippen LogP contribution in [0.4, 0.5) is 0 Å². The molecular weight excluding hydrogens is 324 g/mol. The number of benzene rings is 1. The summed E-state index contributed by atoms with van der Waals surface area (Å²) in [5, 5.41) is 0. The summed E-state index contributed by atoms with van der Waals surface area (Å²) in [4.78, 5) is 24.8. The lowest BCUT2D eigenvalue weighted by atomic mass is 9.70. The molecule has 0 aliphatic heterocycles. The molecule has 3 nitrogen and oxygen atoms in total. The first-order valence-corrected chi connectivity index (χ1v) is 10.2. The Labute approximate surface area is 156 Å². The quantitative estimate of drug-likeness (QED) is 0.693. The minimum atomic E-state index is -0.221. The molecule has 3 fully saturated rings. The molecule has 3 aliphatic carbocycles. The Balaban J connectivity index is 1.45. The van der Waals surface area contributed by atoms with E-state index in [-0.39, 0.29) is 28.8 Å². The van der Waals surface area contributed by atoms with Crippen LogP contribution in [0.2, 0.25) is 0 Å². The van der Waals surface area contributed by atoms with Crippen molar-refractivity contribution in [1.29, 1.82) is 0 Å². The van der Waals surface area contributed by atoms with Crippen molar-refractivity contribution in [1.82, 2.24) is 0 Å². The summed E-state index contributed by atoms with van der Waals surface area (Å²) < 4.78 is 5.97. The van der Waals surface area contributed by atoms with Gasteiger partial charge in [-0.05, 0) is 61.1 Å². The van der Waals surface area contributed by atoms with Gasteiger partial charge in [0, 0.05) is 17.8 Å². The Morgan fingerprint density at radius 1 is 1.08 bits per heavy atom. The van der Waals surface area contributed by atoms with E-state index in [4.69, 9.17) is 4.74 Å². The number of ketones is 1. The molecule has 0 N–H and O–H groups in total. The highest BCUT2D eigenvalue weighted by Gasteiger charge is 2.62. The zero-order valence-electron chi connectivity index (χ0n) is 16.2. The number of carbonyl (C=O) groups is 2. The van der Waals surface area contributed by atoms with E-state index in [2.05, 4.69) is 20.8 Å². The van der Waals surface area contributed by atoms with Crippen LogP contribution in [0.3, 0.4) is 0 Å². The number of esters is 1. The summed E-state index contributed by atoms with van der Waals surface area (Å²) in [5.41, 5.74) is 1.96. The van der Waals surface area contributed by atoms with Gasteiger partial charge in [-0.1, -0.05) is 39.3 Å². The predicted octanol–water partition coefficient (Wildman–Crippen LogP) is 5.28. The van der Waals surface area contributed by atoms with Crippen molar-refractivity contribution in [3.63, 3.8) is 0 Å². The van der Waals surface area contributed by atoms with Crippen molar-refractivity contribution < 1.29 is 14.3 Å². The zero-order chi connectivity index (χ0) is 18.5. The molecule has 1 aromatic carbocycles. The molecule has 0 heterocycles. The highest BCUT2D eigenvalue weighted by atomic mass is 16.5. The SMILES string of the molecule is CC1(C)[C@H]2CCC1(C)[C@H](OC(=O)c1ccc(C3CCCCC3=O)cc1)C2. The molecule has 3 aliphatic rings. The Bertz CT molecular complexity index is 717. The molecule has 3 saturated carbocycles. The van der Waals surface area contributed by atoms with Gasteiger partial charge in [0.2, 0.25) is 0 Å². The Morgan fingerprint density at radius 2 is 1.81 bits per heavy atom. The highest BCUT2D eigenvalue weighted by molar-refractivity contribution is 5.90. The summed E-state index contributed by atoms with van der Waals surface area (Å²) in [7, 11) is 0. The lowest BCUT2D eigenvalue weighted by molar-refractivity contribution is -0.121. The van der Waals surface area contributed by atoms with Gasteiger partial charge in [-0.25, -0.2) is 4.79 Å². The van der Waals surface area contributed by atoms with E-state index in [1.165, 1.54) is 6.42 Å². The Morgan fingerprint density at radius 3 is 2.38 bits per heavy atom. The third kappa shape index (κ3) is 2.62. The number of hydrogen-bond donors (Lipinski definition) is 0. The van der Waals surface area contributed by atoms with E-state index in [1.807, 2.05) is 24.3 Å². The molecule has 0 radical (unpaired) electrons. The first kappa shape index (κ1) is 17.8. The number of Topliss-reactive ketones (excluding diaryl/α,β-unsaturated/α-hetero) is 1. The summed E-state index contributed by atoms with van der Waals surface area (Å²) in [6.07, 6.45) is 7.14. The Kier molecular flexibility index (Phi) is 4.24. The fourth-order valence-corrected chi connectivity index (χ4v) is 5.69. The molecule has 0 aromatic heterocycles. The van der Waals surface area contributed by atoms with Crippen molar-refractivity contribution >= 4 is 11.8 Å². The van der Waals surface area contributed by atoms with Gasteiger partial charge < -0.3 is 4.74 Å². The van der Waals surface area contributed by atoms with Crippen LogP contribution in [-0.2, 0) is 9.53 Å². The van der Waals surface area contributed by atoms with Crippen LogP contribution in [-0.4, -0.2) is 17.9 Å². The van der Waals surface area contributed by atoms with Crippen molar-refractivity contribution in [2.45, 2.75) is 77.7 Å². The van der Waals surface area contributed by atoms with Crippen LogP contribution < -0.4 is 0 Å². The minimum Gasteiger partial charge on any atom is -0.458 e. The summed E-state index contributed by atoms with van der Waals surface area (Å²) in [5.74, 6) is 0.786. The molecule has 2 unspecified atom stereocenters. The number of rotatable bonds is 3. The van der Waals surface area contributed by atoms with Gasteiger partial charge in [-0.2, -0.15) is 0 Å². The second-order valence-electron chi connectivity index (χ2n) is 9.39. The van der Waals surface area contributed by atoms with Gasteiger partial charge in [0.05, 0.1) is 5.56 Å². The van der Waals surface area contributed by atoms with E-state index in [1.54, 1.807) is 0 Å².